The number of imidazole rings is 1. The largest absolute Gasteiger partial charge is 0.573 e. The van der Waals surface area contributed by atoms with E-state index in [9.17, 15) is 18.0 Å². The number of ether oxygens (including phenoxy) is 1. The average Bonchev–Trinajstić information content (AvgIpc) is 3.08. The first-order valence-corrected chi connectivity index (χ1v) is 11.7. The SMILES string of the molecule is CC1C[C@@H](n2c(Nc3ccc(OC(F)(F)F)cc3)nc3cc(CCC(=O)O)ccc32)CC(C)(C)C1. The number of fused-ring (bicyclic) bond motifs is 1. The van der Waals surface area contributed by atoms with Gasteiger partial charge in [-0.3, -0.25) is 4.79 Å². The van der Waals surface area contributed by atoms with Gasteiger partial charge in [0.15, 0.2) is 0 Å². The minimum absolute atomic E-state index is 0.0397. The summed E-state index contributed by atoms with van der Waals surface area (Å²) in [6.45, 7) is 6.79. The number of alkyl halides is 3. The van der Waals surface area contributed by atoms with E-state index in [4.69, 9.17) is 10.1 Å². The molecule has 2 N–H and O–H groups in total. The van der Waals surface area contributed by atoms with Crippen LogP contribution in [0.2, 0.25) is 0 Å². The molecule has 1 saturated carbocycles. The zero-order chi connectivity index (χ0) is 25.4. The van der Waals surface area contributed by atoms with Crippen LogP contribution in [0.5, 0.6) is 5.75 Å². The van der Waals surface area contributed by atoms with Crippen LogP contribution < -0.4 is 10.1 Å². The second-order valence-electron chi connectivity index (χ2n) is 10.3. The highest BCUT2D eigenvalue weighted by atomic mass is 19.4. The van der Waals surface area contributed by atoms with Crippen molar-refractivity contribution in [3.63, 3.8) is 0 Å². The Morgan fingerprint density at radius 1 is 1.20 bits per heavy atom. The number of aryl methyl sites for hydroxylation is 1. The number of nitrogens with one attached hydrogen (secondary N) is 1. The van der Waals surface area contributed by atoms with E-state index in [2.05, 4.69) is 35.4 Å². The summed E-state index contributed by atoms with van der Waals surface area (Å²) in [6, 6.07) is 11.6. The molecule has 1 fully saturated rings. The Bertz CT molecular complexity index is 1200. The topological polar surface area (TPSA) is 76.4 Å². The van der Waals surface area contributed by atoms with E-state index in [-0.39, 0.29) is 23.6 Å². The van der Waals surface area contributed by atoms with Crippen LogP contribution >= 0.6 is 0 Å². The number of aliphatic carboxylic acids is 1. The van der Waals surface area contributed by atoms with E-state index in [1.54, 1.807) is 0 Å². The van der Waals surface area contributed by atoms with Crippen molar-refractivity contribution in [1.82, 2.24) is 9.55 Å². The summed E-state index contributed by atoms with van der Waals surface area (Å²) < 4.78 is 43.7. The molecule has 1 aromatic heterocycles. The highest BCUT2D eigenvalue weighted by Crippen LogP contribution is 2.46. The first-order valence-electron chi connectivity index (χ1n) is 11.7. The summed E-state index contributed by atoms with van der Waals surface area (Å²) in [5.41, 5.74) is 3.34. The Balaban J connectivity index is 1.70. The van der Waals surface area contributed by atoms with Crippen LogP contribution in [0, 0.1) is 11.3 Å². The van der Waals surface area contributed by atoms with Gasteiger partial charge in [-0.2, -0.15) is 0 Å². The third kappa shape index (κ3) is 6.26. The number of halogens is 3. The number of carbonyl (C=O) groups is 1. The minimum atomic E-state index is -4.74. The van der Waals surface area contributed by atoms with Crippen molar-refractivity contribution in [2.75, 3.05) is 5.32 Å². The van der Waals surface area contributed by atoms with E-state index in [1.165, 1.54) is 24.3 Å². The standard InChI is InChI=1S/C26H30F3N3O3/c1-16-12-19(15-25(2,3)14-16)32-22-10-4-17(5-11-23(33)34)13-21(22)31-24(32)30-18-6-8-20(9-7-18)35-26(27,28)29/h4,6-10,13,16,19H,5,11-12,14-15H2,1-3H3,(H,30,31)(H,33,34)/t16?,19-/m1/s1. The third-order valence-electron chi connectivity index (χ3n) is 6.45. The lowest BCUT2D eigenvalue weighted by Gasteiger charge is -2.40. The molecule has 4 rings (SSSR count). The van der Waals surface area contributed by atoms with Crippen LogP contribution in [0.25, 0.3) is 11.0 Å². The van der Waals surface area contributed by atoms with Crippen molar-refractivity contribution in [2.45, 2.75) is 65.3 Å². The van der Waals surface area contributed by atoms with Crippen molar-refractivity contribution in [3.8, 4) is 5.75 Å². The average molecular weight is 490 g/mol. The van der Waals surface area contributed by atoms with Gasteiger partial charge in [0.25, 0.3) is 0 Å². The fraction of sp³-hybridized carbons (Fsp3) is 0.462. The van der Waals surface area contributed by atoms with Gasteiger partial charge in [0.2, 0.25) is 5.95 Å². The van der Waals surface area contributed by atoms with Gasteiger partial charge in [-0.15, -0.1) is 13.2 Å². The molecule has 1 aliphatic carbocycles. The first-order chi connectivity index (χ1) is 16.4. The zero-order valence-electron chi connectivity index (χ0n) is 20.0. The van der Waals surface area contributed by atoms with E-state index < -0.39 is 12.3 Å². The summed E-state index contributed by atoms with van der Waals surface area (Å²) >= 11 is 0. The van der Waals surface area contributed by atoms with Crippen LogP contribution in [0.3, 0.4) is 0 Å². The lowest BCUT2D eigenvalue weighted by atomic mass is 9.70. The molecule has 6 nitrogen and oxygen atoms in total. The summed E-state index contributed by atoms with van der Waals surface area (Å²) in [5.74, 6) is -0.00528. The lowest BCUT2D eigenvalue weighted by molar-refractivity contribution is -0.274. The second kappa shape index (κ2) is 9.43. The Morgan fingerprint density at radius 2 is 1.91 bits per heavy atom. The van der Waals surface area contributed by atoms with Crippen molar-refractivity contribution >= 4 is 28.6 Å². The minimum Gasteiger partial charge on any atom is -0.481 e. The number of rotatable bonds is 7. The molecule has 0 saturated heterocycles. The molecule has 1 heterocycles. The van der Waals surface area contributed by atoms with Crippen molar-refractivity contribution in [1.29, 1.82) is 0 Å². The number of aromatic nitrogens is 2. The molecule has 2 atom stereocenters. The van der Waals surface area contributed by atoms with Crippen LogP contribution in [-0.2, 0) is 11.2 Å². The van der Waals surface area contributed by atoms with Crippen molar-refractivity contribution < 1.29 is 27.8 Å². The molecule has 0 aliphatic heterocycles. The highest BCUT2D eigenvalue weighted by Gasteiger charge is 2.35. The molecule has 0 spiro atoms. The zero-order valence-corrected chi connectivity index (χ0v) is 20.0. The molecular formula is C26H30F3N3O3. The fourth-order valence-electron chi connectivity index (χ4n) is 5.37. The summed E-state index contributed by atoms with van der Waals surface area (Å²) in [5, 5.41) is 12.3. The molecule has 2 aromatic carbocycles. The Labute approximate surface area is 202 Å². The number of carboxylic acids is 1. The number of anilines is 2. The lowest BCUT2D eigenvalue weighted by Crippen LogP contribution is -2.29. The molecule has 1 aliphatic rings. The van der Waals surface area contributed by atoms with Gasteiger partial charge in [-0.05, 0) is 79.0 Å². The van der Waals surface area contributed by atoms with Crippen molar-refractivity contribution in [3.05, 3.63) is 48.0 Å². The molecule has 1 unspecified atom stereocenters. The molecule has 0 radical (unpaired) electrons. The van der Waals surface area contributed by atoms with Gasteiger partial charge in [-0.25, -0.2) is 4.98 Å². The monoisotopic (exact) mass is 489 g/mol. The van der Waals surface area contributed by atoms with Gasteiger partial charge < -0.3 is 19.7 Å². The number of hydrogen-bond donors (Lipinski definition) is 2. The number of carboxylic acid groups (broad SMARTS) is 1. The van der Waals surface area contributed by atoms with Gasteiger partial charge >= 0.3 is 12.3 Å². The Hall–Kier alpha value is -3.23. The van der Waals surface area contributed by atoms with E-state index in [0.717, 1.165) is 35.9 Å². The predicted octanol–water partition coefficient (Wildman–Crippen LogP) is 7.08. The van der Waals surface area contributed by atoms with Gasteiger partial charge in [-0.1, -0.05) is 26.8 Å². The van der Waals surface area contributed by atoms with Gasteiger partial charge in [0.05, 0.1) is 11.0 Å². The van der Waals surface area contributed by atoms with Crippen LogP contribution in [0.4, 0.5) is 24.8 Å². The summed E-state index contributed by atoms with van der Waals surface area (Å²) in [4.78, 5) is 15.8. The quantitative estimate of drug-likeness (QED) is 0.371. The van der Waals surface area contributed by atoms with Gasteiger partial charge in [0.1, 0.15) is 5.75 Å². The Kier molecular flexibility index (Phi) is 6.71. The van der Waals surface area contributed by atoms with E-state index in [1.807, 2.05) is 18.2 Å². The maximum absolute atomic E-state index is 12.5. The molecule has 9 heteroatoms. The maximum atomic E-state index is 12.5. The normalized spacial score (nSPS) is 20.1. The Morgan fingerprint density at radius 3 is 2.54 bits per heavy atom. The smallest absolute Gasteiger partial charge is 0.481 e. The molecule has 35 heavy (non-hydrogen) atoms. The number of hydrogen-bond acceptors (Lipinski definition) is 4. The maximum Gasteiger partial charge on any atom is 0.573 e. The second-order valence-corrected chi connectivity index (χ2v) is 10.3. The summed E-state index contributed by atoms with van der Waals surface area (Å²) in [7, 11) is 0. The molecule has 3 aromatic rings. The summed E-state index contributed by atoms with van der Waals surface area (Å²) in [6.07, 6.45) is -1.20. The fourth-order valence-corrected chi connectivity index (χ4v) is 5.37. The first kappa shape index (κ1) is 24.9. The molecular weight excluding hydrogens is 459 g/mol. The van der Waals surface area contributed by atoms with E-state index >= 15 is 0 Å². The highest BCUT2D eigenvalue weighted by molar-refractivity contribution is 5.81. The van der Waals surface area contributed by atoms with E-state index in [0.29, 0.717) is 24.0 Å². The number of nitrogens with zero attached hydrogens (tertiary/aromatic N) is 2. The molecule has 0 amide bonds. The van der Waals surface area contributed by atoms with Gasteiger partial charge in [0, 0.05) is 18.2 Å². The van der Waals surface area contributed by atoms with Crippen molar-refractivity contribution in [2.24, 2.45) is 11.3 Å². The molecule has 0 bridgehead atoms. The van der Waals surface area contributed by atoms with Crippen LogP contribution in [0.1, 0.15) is 58.1 Å². The van der Waals surface area contributed by atoms with Crippen LogP contribution in [-0.4, -0.2) is 27.0 Å². The predicted molar refractivity (Wildman–Crippen MR) is 128 cm³/mol. The number of benzene rings is 2. The third-order valence-corrected chi connectivity index (χ3v) is 6.45. The van der Waals surface area contributed by atoms with Crippen LogP contribution in [0.15, 0.2) is 42.5 Å². The molecule has 188 valence electrons.